The number of hydrogen-bond donors (Lipinski definition) is 1. The summed E-state index contributed by atoms with van der Waals surface area (Å²) in [6.45, 7) is 2.01. The first kappa shape index (κ1) is 20.3. The zero-order valence-electron chi connectivity index (χ0n) is 15.6. The lowest BCUT2D eigenvalue weighted by molar-refractivity contribution is -0.118. The van der Waals surface area contributed by atoms with Crippen molar-refractivity contribution in [1.29, 1.82) is 0 Å². The molecule has 1 heterocycles. The molecule has 3 aromatic rings. The number of nitrogens with one attached hydrogen (secondary N) is 1. The Bertz CT molecular complexity index is 970. The summed E-state index contributed by atoms with van der Waals surface area (Å²) in [5.41, 5.74) is 5.45. The molecule has 0 radical (unpaired) electrons. The standard InChI is InChI=1S/C20H20BrN5OS/c1-3-17(14-7-5-4-6-8-14)22-23-18(27)13-28-20-25-24-19(26(20)2)15-9-11-16(21)12-10-15/h4-12H,3,13H2,1-2H3,(H,23,27). The summed E-state index contributed by atoms with van der Waals surface area (Å²) in [4.78, 5) is 12.2. The van der Waals surface area contributed by atoms with Gasteiger partial charge in [0.2, 0.25) is 0 Å². The molecule has 1 aromatic heterocycles. The summed E-state index contributed by atoms with van der Waals surface area (Å²) in [6.07, 6.45) is 0.733. The summed E-state index contributed by atoms with van der Waals surface area (Å²) < 4.78 is 2.89. The van der Waals surface area contributed by atoms with Crippen LogP contribution in [-0.2, 0) is 11.8 Å². The lowest BCUT2D eigenvalue weighted by Crippen LogP contribution is -2.22. The third-order valence-corrected chi connectivity index (χ3v) is 5.58. The molecule has 0 aliphatic carbocycles. The summed E-state index contributed by atoms with van der Waals surface area (Å²) in [6, 6.07) is 17.7. The van der Waals surface area contributed by atoms with Gasteiger partial charge in [0, 0.05) is 17.1 Å². The van der Waals surface area contributed by atoms with E-state index in [-0.39, 0.29) is 11.7 Å². The Morgan fingerprint density at radius 1 is 1.14 bits per heavy atom. The van der Waals surface area contributed by atoms with Gasteiger partial charge in [-0.05, 0) is 24.1 Å². The maximum Gasteiger partial charge on any atom is 0.250 e. The highest BCUT2D eigenvalue weighted by atomic mass is 79.9. The monoisotopic (exact) mass is 457 g/mol. The SMILES string of the molecule is CCC(=NNC(=O)CSc1nnc(-c2ccc(Br)cc2)n1C)c1ccccc1. The summed E-state index contributed by atoms with van der Waals surface area (Å²) in [7, 11) is 1.89. The van der Waals surface area contributed by atoms with Gasteiger partial charge < -0.3 is 4.57 Å². The topological polar surface area (TPSA) is 72.2 Å². The minimum atomic E-state index is -0.180. The number of carbonyl (C=O) groups is 1. The van der Waals surface area contributed by atoms with Crippen molar-refractivity contribution in [1.82, 2.24) is 20.2 Å². The number of hydrogen-bond acceptors (Lipinski definition) is 5. The lowest BCUT2D eigenvalue weighted by atomic mass is 10.1. The number of aromatic nitrogens is 3. The van der Waals surface area contributed by atoms with E-state index < -0.39 is 0 Å². The van der Waals surface area contributed by atoms with Gasteiger partial charge in [0.15, 0.2) is 11.0 Å². The van der Waals surface area contributed by atoms with Crippen LogP contribution >= 0.6 is 27.7 Å². The Labute approximate surface area is 176 Å². The number of amides is 1. The smallest absolute Gasteiger partial charge is 0.250 e. The van der Waals surface area contributed by atoms with E-state index in [2.05, 4.69) is 36.7 Å². The molecule has 0 saturated heterocycles. The number of carbonyl (C=O) groups excluding carboxylic acids is 1. The van der Waals surface area contributed by atoms with E-state index in [9.17, 15) is 4.79 Å². The van der Waals surface area contributed by atoms with Gasteiger partial charge in [-0.3, -0.25) is 4.79 Å². The van der Waals surface area contributed by atoms with E-state index in [1.54, 1.807) is 0 Å². The Hall–Kier alpha value is -2.45. The Morgan fingerprint density at radius 3 is 2.54 bits per heavy atom. The number of benzene rings is 2. The predicted molar refractivity (Wildman–Crippen MR) is 116 cm³/mol. The van der Waals surface area contributed by atoms with Crippen molar-refractivity contribution in [3.63, 3.8) is 0 Å². The minimum Gasteiger partial charge on any atom is -0.305 e. The average molecular weight is 458 g/mol. The number of nitrogens with zero attached hydrogens (tertiary/aromatic N) is 4. The highest BCUT2D eigenvalue weighted by Gasteiger charge is 2.13. The zero-order chi connectivity index (χ0) is 19.9. The molecule has 0 atom stereocenters. The largest absolute Gasteiger partial charge is 0.305 e. The normalized spacial score (nSPS) is 11.5. The maximum absolute atomic E-state index is 12.2. The van der Waals surface area contributed by atoms with Crippen LogP contribution in [0.1, 0.15) is 18.9 Å². The van der Waals surface area contributed by atoms with Crippen molar-refractivity contribution in [2.24, 2.45) is 12.1 Å². The van der Waals surface area contributed by atoms with Gasteiger partial charge in [-0.1, -0.05) is 77.1 Å². The number of rotatable bonds is 7. The van der Waals surface area contributed by atoms with E-state index in [0.29, 0.717) is 5.16 Å². The van der Waals surface area contributed by atoms with Crippen molar-refractivity contribution in [3.05, 3.63) is 64.6 Å². The van der Waals surface area contributed by atoms with E-state index in [1.807, 2.05) is 73.1 Å². The van der Waals surface area contributed by atoms with Gasteiger partial charge in [-0.2, -0.15) is 5.10 Å². The molecule has 0 spiro atoms. The molecular weight excluding hydrogens is 438 g/mol. The average Bonchev–Trinajstić information content (AvgIpc) is 3.09. The molecule has 0 fully saturated rings. The fourth-order valence-corrected chi connectivity index (χ4v) is 3.53. The second-order valence-electron chi connectivity index (χ2n) is 5.97. The summed E-state index contributed by atoms with van der Waals surface area (Å²) in [5, 5.41) is 13.4. The third kappa shape index (κ3) is 5.08. The molecule has 0 unspecified atom stereocenters. The van der Waals surface area contributed by atoms with Crippen LogP contribution in [0.15, 0.2) is 69.3 Å². The molecule has 2 aromatic carbocycles. The molecule has 28 heavy (non-hydrogen) atoms. The lowest BCUT2D eigenvalue weighted by Gasteiger charge is -2.06. The first-order valence-corrected chi connectivity index (χ1v) is 10.5. The third-order valence-electron chi connectivity index (χ3n) is 4.03. The Balaban J connectivity index is 1.60. The second kappa shape index (κ2) is 9.66. The molecular formula is C20H20BrN5OS. The van der Waals surface area contributed by atoms with Gasteiger partial charge >= 0.3 is 0 Å². The highest BCUT2D eigenvalue weighted by molar-refractivity contribution is 9.10. The molecule has 0 bridgehead atoms. The molecule has 144 valence electrons. The van der Waals surface area contributed by atoms with Gasteiger partial charge in [0.25, 0.3) is 5.91 Å². The van der Waals surface area contributed by atoms with Gasteiger partial charge in [-0.15, -0.1) is 10.2 Å². The van der Waals surface area contributed by atoms with E-state index in [4.69, 9.17) is 0 Å². The summed E-state index contributed by atoms with van der Waals surface area (Å²) >= 11 is 4.75. The highest BCUT2D eigenvalue weighted by Crippen LogP contribution is 2.23. The van der Waals surface area contributed by atoms with E-state index in [0.717, 1.165) is 33.6 Å². The van der Waals surface area contributed by atoms with Crippen molar-refractivity contribution >= 4 is 39.3 Å². The molecule has 0 aliphatic heterocycles. The van der Waals surface area contributed by atoms with Gasteiger partial charge in [-0.25, -0.2) is 5.43 Å². The first-order valence-electron chi connectivity index (χ1n) is 8.77. The quantitative estimate of drug-likeness (QED) is 0.326. The number of halogens is 1. The molecule has 0 saturated carbocycles. The van der Waals surface area contributed by atoms with Crippen LogP contribution in [-0.4, -0.2) is 32.1 Å². The molecule has 3 rings (SSSR count). The number of thioether (sulfide) groups is 1. The zero-order valence-corrected chi connectivity index (χ0v) is 18.0. The van der Waals surface area contributed by atoms with Gasteiger partial charge in [0.05, 0.1) is 11.5 Å². The van der Waals surface area contributed by atoms with Crippen LogP contribution in [0.3, 0.4) is 0 Å². The van der Waals surface area contributed by atoms with Crippen LogP contribution < -0.4 is 5.43 Å². The molecule has 8 heteroatoms. The van der Waals surface area contributed by atoms with Crippen molar-refractivity contribution in [2.75, 3.05) is 5.75 Å². The van der Waals surface area contributed by atoms with Crippen LogP contribution in [0.25, 0.3) is 11.4 Å². The van der Waals surface area contributed by atoms with Gasteiger partial charge in [0.1, 0.15) is 0 Å². The minimum absolute atomic E-state index is 0.180. The van der Waals surface area contributed by atoms with Crippen molar-refractivity contribution in [3.8, 4) is 11.4 Å². The molecule has 1 N–H and O–H groups in total. The first-order chi connectivity index (χ1) is 13.6. The predicted octanol–water partition coefficient (Wildman–Crippen LogP) is 4.27. The van der Waals surface area contributed by atoms with Crippen LogP contribution in [0, 0.1) is 0 Å². The maximum atomic E-state index is 12.2. The molecule has 6 nitrogen and oxygen atoms in total. The Kier molecular flexibility index (Phi) is 7.00. The number of hydrazone groups is 1. The van der Waals surface area contributed by atoms with Crippen LogP contribution in [0.5, 0.6) is 0 Å². The van der Waals surface area contributed by atoms with E-state index in [1.165, 1.54) is 11.8 Å². The molecule has 1 amide bonds. The summed E-state index contributed by atoms with van der Waals surface area (Å²) in [5.74, 6) is 0.785. The fourth-order valence-electron chi connectivity index (χ4n) is 2.56. The fraction of sp³-hybridized carbons (Fsp3) is 0.200. The Morgan fingerprint density at radius 2 is 1.86 bits per heavy atom. The second-order valence-corrected chi connectivity index (χ2v) is 7.83. The van der Waals surface area contributed by atoms with Crippen molar-refractivity contribution < 1.29 is 4.79 Å². The van der Waals surface area contributed by atoms with E-state index >= 15 is 0 Å². The van der Waals surface area contributed by atoms with Crippen LogP contribution in [0.4, 0.5) is 0 Å². The molecule has 0 aliphatic rings. The van der Waals surface area contributed by atoms with Crippen LogP contribution in [0.2, 0.25) is 0 Å². The van der Waals surface area contributed by atoms with Crippen molar-refractivity contribution in [2.45, 2.75) is 18.5 Å².